The SMILES string of the molecule is COc1ccc(C2CCN(S(=O)(=O)c3cccc(C)c3)C2)cc1. The van der Waals surface area contributed by atoms with E-state index in [0.717, 1.165) is 23.3 Å². The van der Waals surface area contributed by atoms with Gasteiger partial charge in [0.15, 0.2) is 0 Å². The Hall–Kier alpha value is -1.85. The molecule has 0 N–H and O–H groups in total. The van der Waals surface area contributed by atoms with E-state index >= 15 is 0 Å². The second kappa shape index (κ2) is 6.34. The van der Waals surface area contributed by atoms with Gasteiger partial charge in [0.1, 0.15) is 5.75 Å². The lowest BCUT2D eigenvalue weighted by molar-refractivity contribution is 0.414. The molecule has 1 fully saturated rings. The first-order chi connectivity index (χ1) is 11.0. The summed E-state index contributed by atoms with van der Waals surface area (Å²) in [5.41, 5.74) is 2.12. The second-order valence-corrected chi connectivity index (χ2v) is 7.88. The van der Waals surface area contributed by atoms with E-state index in [2.05, 4.69) is 0 Å². The molecule has 1 atom stereocenters. The normalized spacial score (nSPS) is 19.0. The van der Waals surface area contributed by atoms with Crippen LogP contribution in [0.15, 0.2) is 53.4 Å². The molecular weight excluding hydrogens is 310 g/mol. The number of ether oxygens (including phenoxy) is 1. The Balaban J connectivity index is 1.78. The topological polar surface area (TPSA) is 46.6 Å². The van der Waals surface area contributed by atoms with Crippen LogP contribution < -0.4 is 4.74 Å². The van der Waals surface area contributed by atoms with Gasteiger partial charge in [-0.3, -0.25) is 0 Å². The van der Waals surface area contributed by atoms with Crippen molar-refractivity contribution in [1.82, 2.24) is 4.31 Å². The van der Waals surface area contributed by atoms with Crippen molar-refractivity contribution in [3.8, 4) is 5.75 Å². The maximum absolute atomic E-state index is 12.8. The lowest BCUT2D eigenvalue weighted by atomic mass is 9.99. The molecule has 0 radical (unpaired) electrons. The van der Waals surface area contributed by atoms with E-state index in [4.69, 9.17) is 4.74 Å². The van der Waals surface area contributed by atoms with Crippen LogP contribution >= 0.6 is 0 Å². The summed E-state index contributed by atoms with van der Waals surface area (Å²) in [6.45, 7) is 3.00. The van der Waals surface area contributed by atoms with Crippen LogP contribution in [0.1, 0.15) is 23.5 Å². The van der Waals surface area contributed by atoms with Crippen molar-refractivity contribution in [2.45, 2.75) is 24.2 Å². The summed E-state index contributed by atoms with van der Waals surface area (Å²) >= 11 is 0. The van der Waals surface area contributed by atoms with Gasteiger partial charge in [-0.1, -0.05) is 24.3 Å². The molecule has 1 saturated heterocycles. The molecule has 1 aliphatic heterocycles. The number of rotatable bonds is 4. The first kappa shape index (κ1) is 16.0. The lowest BCUT2D eigenvalue weighted by Gasteiger charge is -2.17. The van der Waals surface area contributed by atoms with Gasteiger partial charge in [-0.15, -0.1) is 0 Å². The number of hydrogen-bond donors (Lipinski definition) is 0. The van der Waals surface area contributed by atoms with Crippen molar-refractivity contribution < 1.29 is 13.2 Å². The Morgan fingerprint density at radius 2 is 1.87 bits per heavy atom. The number of methoxy groups -OCH3 is 1. The maximum atomic E-state index is 12.8. The molecule has 4 nitrogen and oxygen atoms in total. The van der Waals surface area contributed by atoms with Crippen LogP contribution in [0.3, 0.4) is 0 Å². The van der Waals surface area contributed by atoms with Gasteiger partial charge in [0, 0.05) is 13.1 Å². The molecular formula is C18H21NO3S. The fourth-order valence-electron chi connectivity index (χ4n) is 3.02. The summed E-state index contributed by atoms with van der Waals surface area (Å²) in [7, 11) is -1.77. The minimum Gasteiger partial charge on any atom is -0.497 e. The van der Waals surface area contributed by atoms with Gasteiger partial charge in [0.05, 0.1) is 12.0 Å². The minimum atomic E-state index is -3.41. The van der Waals surface area contributed by atoms with Gasteiger partial charge in [0.25, 0.3) is 0 Å². The monoisotopic (exact) mass is 331 g/mol. The maximum Gasteiger partial charge on any atom is 0.243 e. The highest BCUT2D eigenvalue weighted by atomic mass is 32.2. The average Bonchev–Trinajstić information content (AvgIpc) is 3.06. The predicted molar refractivity (Wildman–Crippen MR) is 90.3 cm³/mol. The molecule has 0 spiro atoms. The van der Waals surface area contributed by atoms with E-state index < -0.39 is 10.0 Å². The number of sulfonamides is 1. The first-order valence-electron chi connectivity index (χ1n) is 7.71. The summed E-state index contributed by atoms with van der Waals surface area (Å²) in [6, 6.07) is 15.0. The molecule has 23 heavy (non-hydrogen) atoms. The Morgan fingerprint density at radius 3 is 2.52 bits per heavy atom. The summed E-state index contributed by atoms with van der Waals surface area (Å²) < 4.78 is 32.3. The van der Waals surface area contributed by atoms with Crippen LogP contribution in [0.4, 0.5) is 0 Å². The van der Waals surface area contributed by atoms with E-state index in [1.807, 2.05) is 37.3 Å². The molecule has 1 aliphatic rings. The number of aryl methyl sites for hydroxylation is 1. The molecule has 1 unspecified atom stereocenters. The van der Waals surface area contributed by atoms with Crippen LogP contribution in [0, 0.1) is 6.92 Å². The fourth-order valence-corrected chi connectivity index (χ4v) is 4.63. The summed E-state index contributed by atoms with van der Waals surface area (Å²) in [6.07, 6.45) is 0.845. The van der Waals surface area contributed by atoms with E-state index in [9.17, 15) is 8.42 Å². The van der Waals surface area contributed by atoms with Gasteiger partial charge in [-0.25, -0.2) is 8.42 Å². The lowest BCUT2D eigenvalue weighted by Crippen LogP contribution is -2.28. The zero-order valence-corrected chi connectivity index (χ0v) is 14.2. The van der Waals surface area contributed by atoms with Gasteiger partial charge in [0.2, 0.25) is 10.0 Å². The van der Waals surface area contributed by atoms with Gasteiger partial charge >= 0.3 is 0 Å². The third-order valence-electron chi connectivity index (χ3n) is 4.37. The largest absolute Gasteiger partial charge is 0.497 e. The highest BCUT2D eigenvalue weighted by Gasteiger charge is 2.33. The number of hydrogen-bond acceptors (Lipinski definition) is 3. The van der Waals surface area contributed by atoms with Crippen LogP contribution in [0.5, 0.6) is 5.75 Å². The molecule has 0 aromatic heterocycles. The molecule has 5 heteroatoms. The third kappa shape index (κ3) is 3.26. The smallest absolute Gasteiger partial charge is 0.243 e. The van der Waals surface area contributed by atoms with E-state index in [1.54, 1.807) is 29.6 Å². The third-order valence-corrected chi connectivity index (χ3v) is 6.23. The number of benzene rings is 2. The standard InChI is InChI=1S/C18H21NO3S/c1-14-4-3-5-18(12-14)23(20,21)19-11-10-16(13-19)15-6-8-17(22-2)9-7-15/h3-9,12,16H,10-11,13H2,1-2H3. The molecule has 122 valence electrons. The van der Waals surface area contributed by atoms with Crippen LogP contribution in [0.25, 0.3) is 0 Å². The van der Waals surface area contributed by atoms with Crippen molar-refractivity contribution in [1.29, 1.82) is 0 Å². The van der Waals surface area contributed by atoms with Crippen molar-refractivity contribution >= 4 is 10.0 Å². The molecule has 1 heterocycles. The quantitative estimate of drug-likeness (QED) is 0.864. The Morgan fingerprint density at radius 1 is 1.13 bits per heavy atom. The highest BCUT2D eigenvalue weighted by Crippen LogP contribution is 2.32. The van der Waals surface area contributed by atoms with E-state index in [0.29, 0.717) is 18.0 Å². The molecule has 0 bridgehead atoms. The molecule has 0 aliphatic carbocycles. The van der Waals surface area contributed by atoms with Crippen LogP contribution in [0.2, 0.25) is 0 Å². The molecule has 0 amide bonds. The predicted octanol–water partition coefficient (Wildman–Crippen LogP) is 3.18. The zero-order chi connectivity index (χ0) is 16.4. The van der Waals surface area contributed by atoms with E-state index in [1.165, 1.54) is 0 Å². The van der Waals surface area contributed by atoms with Crippen molar-refractivity contribution in [2.75, 3.05) is 20.2 Å². The van der Waals surface area contributed by atoms with Gasteiger partial charge in [-0.2, -0.15) is 4.31 Å². The van der Waals surface area contributed by atoms with Gasteiger partial charge in [-0.05, 0) is 54.7 Å². The molecule has 2 aromatic rings. The summed E-state index contributed by atoms with van der Waals surface area (Å²) in [4.78, 5) is 0.382. The van der Waals surface area contributed by atoms with Crippen LogP contribution in [-0.4, -0.2) is 32.9 Å². The van der Waals surface area contributed by atoms with Crippen molar-refractivity contribution in [3.05, 3.63) is 59.7 Å². The summed E-state index contributed by atoms with van der Waals surface area (Å²) in [5.74, 6) is 1.05. The summed E-state index contributed by atoms with van der Waals surface area (Å²) in [5, 5.41) is 0. The second-order valence-electron chi connectivity index (χ2n) is 5.94. The minimum absolute atomic E-state index is 0.237. The molecule has 0 saturated carbocycles. The Kier molecular flexibility index (Phi) is 4.41. The first-order valence-corrected chi connectivity index (χ1v) is 9.15. The fraction of sp³-hybridized carbons (Fsp3) is 0.333. The molecule has 3 rings (SSSR count). The highest BCUT2D eigenvalue weighted by molar-refractivity contribution is 7.89. The number of nitrogens with zero attached hydrogens (tertiary/aromatic N) is 1. The molecule has 2 aromatic carbocycles. The van der Waals surface area contributed by atoms with Crippen LogP contribution in [-0.2, 0) is 10.0 Å². The Labute approximate surface area is 137 Å². The zero-order valence-electron chi connectivity index (χ0n) is 13.4. The van der Waals surface area contributed by atoms with E-state index in [-0.39, 0.29) is 5.92 Å². The Bertz CT molecular complexity index is 784. The van der Waals surface area contributed by atoms with Gasteiger partial charge < -0.3 is 4.74 Å². The van der Waals surface area contributed by atoms with Crippen molar-refractivity contribution in [2.24, 2.45) is 0 Å². The average molecular weight is 331 g/mol. The van der Waals surface area contributed by atoms with Crippen molar-refractivity contribution in [3.63, 3.8) is 0 Å².